The molecule has 17 heavy (non-hydrogen) atoms. The lowest BCUT2D eigenvalue weighted by Crippen LogP contribution is -1.92. The van der Waals surface area contributed by atoms with E-state index in [4.69, 9.17) is 10.3 Å². The minimum atomic E-state index is 0.646. The molecule has 0 amide bonds. The Hall–Kier alpha value is -2.37. The fourth-order valence-electron chi connectivity index (χ4n) is 1.78. The second-order valence-corrected chi connectivity index (χ2v) is 3.95. The molecule has 0 unspecified atom stereocenters. The van der Waals surface area contributed by atoms with Crippen molar-refractivity contribution < 1.29 is 4.52 Å². The molecule has 6 nitrogen and oxygen atoms in total. The number of nitrogens with zero attached hydrogens (tertiary/aromatic N) is 3. The van der Waals surface area contributed by atoms with Crippen LogP contribution in [0.4, 0.5) is 5.69 Å². The number of nitrogens with one attached hydrogen (secondary N) is 1. The number of nitrogens with two attached hydrogens (primary N) is 1. The smallest absolute Gasteiger partial charge is 0.181 e. The summed E-state index contributed by atoms with van der Waals surface area (Å²) < 4.78 is 4.92. The maximum Gasteiger partial charge on any atom is 0.181 e. The molecule has 3 aromatic heterocycles. The molecule has 0 aliphatic carbocycles. The van der Waals surface area contributed by atoms with E-state index < -0.39 is 0 Å². The number of hydrogen-bond acceptors (Lipinski definition) is 5. The fraction of sp³-hybridized carbons (Fsp3) is 0.182. The first-order valence-electron chi connectivity index (χ1n) is 5.19. The van der Waals surface area contributed by atoms with Gasteiger partial charge in [0.1, 0.15) is 6.26 Å². The van der Waals surface area contributed by atoms with E-state index >= 15 is 0 Å². The van der Waals surface area contributed by atoms with Gasteiger partial charge in [-0.15, -0.1) is 0 Å². The molecule has 3 N–H and O–H groups in total. The van der Waals surface area contributed by atoms with Crippen LogP contribution in [0.25, 0.3) is 22.3 Å². The van der Waals surface area contributed by atoms with Crippen LogP contribution in [0.2, 0.25) is 0 Å². The average molecular weight is 229 g/mol. The second kappa shape index (κ2) is 3.31. The van der Waals surface area contributed by atoms with Gasteiger partial charge in [0.2, 0.25) is 0 Å². The van der Waals surface area contributed by atoms with Crippen LogP contribution in [-0.4, -0.2) is 20.3 Å². The van der Waals surface area contributed by atoms with Crippen LogP contribution in [-0.2, 0) is 0 Å². The predicted octanol–water partition coefficient (Wildman–Crippen LogP) is 1.81. The minimum Gasteiger partial charge on any atom is -0.397 e. The zero-order valence-electron chi connectivity index (χ0n) is 9.48. The second-order valence-electron chi connectivity index (χ2n) is 3.95. The molecule has 0 fully saturated rings. The van der Waals surface area contributed by atoms with Gasteiger partial charge in [0, 0.05) is 5.39 Å². The zero-order chi connectivity index (χ0) is 12.0. The largest absolute Gasteiger partial charge is 0.397 e. The number of fused-ring (bicyclic) bond motifs is 1. The number of rotatable bonds is 1. The molecule has 0 saturated heterocycles. The van der Waals surface area contributed by atoms with E-state index in [0.717, 1.165) is 28.0 Å². The molecule has 3 rings (SSSR count). The van der Waals surface area contributed by atoms with Gasteiger partial charge in [0.15, 0.2) is 5.65 Å². The summed E-state index contributed by atoms with van der Waals surface area (Å²) in [6.07, 6.45) is 1.58. The summed E-state index contributed by atoms with van der Waals surface area (Å²) in [4.78, 5) is 4.32. The number of anilines is 1. The van der Waals surface area contributed by atoms with E-state index in [1.165, 1.54) is 0 Å². The Morgan fingerprint density at radius 2 is 2.12 bits per heavy atom. The molecule has 0 radical (unpaired) electrons. The van der Waals surface area contributed by atoms with Crippen molar-refractivity contribution in [2.24, 2.45) is 0 Å². The van der Waals surface area contributed by atoms with Crippen molar-refractivity contribution in [3.8, 4) is 11.3 Å². The summed E-state index contributed by atoms with van der Waals surface area (Å²) in [5, 5.41) is 11.8. The third-order valence-corrected chi connectivity index (χ3v) is 2.79. The predicted molar refractivity (Wildman–Crippen MR) is 63.3 cm³/mol. The van der Waals surface area contributed by atoms with E-state index in [1.807, 2.05) is 19.9 Å². The van der Waals surface area contributed by atoms with Gasteiger partial charge in [-0.2, -0.15) is 5.10 Å². The van der Waals surface area contributed by atoms with Crippen molar-refractivity contribution in [3.05, 3.63) is 23.7 Å². The number of aromatic nitrogens is 4. The first-order chi connectivity index (χ1) is 8.16. The fourth-order valence-corrected chi connectivity index (χ4v) is 1.78. The van der Waals surface area contributed by atoms with Gasteiger partial charge in [0.25, 0.3) is 0 Å². The Labute approximate surface area is 96.8 Å². The number of aryl methyl sites for hydroxylation is 2. The molecule has 0 atom stereocenters. The van der Waals surface area contributed by atoms with Gasteiger partial charge in [-0.05, 0) is 19.9 Å². The van der Waals surface area contributed by atoms with E-state index in [1.54, 1.807) is 6.26 Å². The zero-order valence-corrected chi connectivity index (χ0v) is 9.48. The molecule has 0 aliphatic rings. The van der Waals surface area contributed by atoms with Crippen LogP contribution in [0.1, 0.15) is 11.4 Å². The van der Waals surface area contributed by atoms with Crippen molar-refractivity contribution >= 4 is 16.7 Å². The summed E-state index contributed by atoms with van der Waals surface area (Å²) in [6, 6.07) is 1.86. The number of aromatic amines is 1. The van der Waals surface area contributed by atoms with E-state index in [0.29, 0.717) is 11.3 Å². The van der Waals surface area contributed by atoms with Gasteiger partial charge in [-0.3, -0.25) is 5.10 Å². The van der Waals surface area contributed by atoms with Gasteiger partial charge in [-0.25, -0.2) is 4.98 Å². The third kappa shape index (κ3) is 1.37. The van der Waals surface area contributed by atoms with Crippen LogP contribution in [0.15, 0.2) is 16.9 Å². The van der Waals surface area contributed by atoms with Crippen molar-refractivity contribution in [3.63, 3.8) is 0 Å². The quantitative estimate of drug-likeness (QED) is 0.663. The Kier molecular flexibility index (Phi) is 1.91. The molecular weight excluding hydrogens is 218 g/mol. The Morgan fingerprint density at radius 3 is 2.82 bits per heavy atom. The summed E-state index contributed by atoms with van der Waals surface area (Å²) in [5.41, 5.74) is 10.4. The SMILES string of the molecule is Cc1nc2n[nH]c(-c3conc3C)c2cc1N. The van der Waals surface area contributed by atoms with E-state index in [-0.39, 0.29) is 0 Å². The van der Waals surface area contributed by atoms with Crippen molar-refractivity contribution in [2.75, 3.05) is 5.73 Å². The molecule has 0 bridgehead atoms. The molecule has 0 aliphatic heterocycles. The summed E-state index contributed by atoms with van der Waals surface area (Å²) >= 11 is 0. The minimum absolute atomic E-state index is 0.646. The van der Waals surface area contributed by atoms with Crippen LogP contribution >= 0.6 is 0 Å². The molecule has 6 heteroatoms. The van der Waals surface area contributed by atoms with E-state index in [2.05, 4.69) is 20.3 Å². The number of nitrogen functional groups attached to an aromatic ring is 1. The van der Waals surface area contributed by atoms with Crippen LogP contribution < -0.4 is 5.73 Å². The highest BCUT2D eigenvalue weighted by atomic mass is 16.5. The lowest BCUT2D eigenvalue weighted by molar-refractivity contribution is 0.415. The first kappa shape index (κ1) is 9.83. The highest BCUT2D eigenvalue weighted by molar-refractivity contribution is 5.93. The highest BCUT2D eigenvalue weighted by Gasteiger charge is 2.14. The average Bonchev–Trinajstić information content (AvgIpc) is 2.86. The van der Waals surface area contributed by atoms with Gasteiger partial charge in [-0.1, -0.05) is 5.16 Å². The number of hydrogen-bond donors (Lipinski definition) is 2. The summed E-state index contributed by atoms with van der Waals surface area (Å²) in [7, 11) is 0. The topological polar surface area (TPSA) is 93.6 Å². The molecule has 3 heterocycles. The maximum absolute atomic E-state index is 5.86. The standard InChI is InChI=1S/C11H11N5O/c1-5-8(4-17-16-5)10-7-3-9(12)6(2)13-11(7)15-14-10/h3-4H,12H2,1-2H3,(H,13,14,15). The normalized spacial score (nSPS) is 11.2. The number of H-pyrrole nitrogens is 1. The Balaban J connectivity index is 2.32. The van der Waals surface area contributed by atoms with Crippen molar-refractivity contribution in [2.45, 2.75) is 13.8 Å². The van der Waals surface area contributed by atoms with Crippen molar-refractivity contribution in [1.29, 1.82) is 0 Å². The van der Waals surface area contributed by atoms with E-state index in [9.17, 15) is 0 Å². The molecule has 3 aromatic rings. The van der Waals surface area contributed by atoms with Gasteiger partial charge >= 0.3 is 0 Å². The lowest BCUT2D eigenvalue weighted by Gasteiger charge is -1.99. The van der Waals surface area contributed by atoms with Gasteiger partial charge in [0.05, 0.1) is 28.3 Å². The Morgan fingerprint density at radius 1 is 1.29 bits per heavy atom. The highest BCUT2D eigenvalue weighted by Crippen LogP contribution is 2.29. The van der Waals surface area contributed by atoms with Crippen LogP contribution in [0.3, 0.4) is 0 Å². The summed E-state index contributed by atoms with van der Waals surface area (Å²) in [5.74, 6) is 0. The molecule has 0 saturated carbocycles. The monoisotopic (exact) mass is 229 g/mol. The maximum atomic E-state index is 5.86. The molecule has 0 spiro atoms. The summed E-state index contributed by atoms with van der Waals surface area (Å²) in [6.45, 7) is 3.73. The Bertz CT molecular complexity index is 697. The van der Waals surface area contributed by atoms with Gasteiger partial charge < -0.3 is 10.3 Å². The molecular formula is C11H11N5O. The molecule has 0 aromatic carbocycles. The lowest BCUT2D eigenvalue weighted by atomic mass is 10.1. The van der Waals surface area contributed by atoms with Crippen molar-refractivity contribution in [1.82, 2.24) is 20.3 Å². The van der Waals surface area contributed by atoms with Crippen LogP contribution in [0.5, 0.6) is 0 Å². The number of pyridine rings is 1. The van der Waals surface area contributed by atoms with Crippen LogP contribution in [0, 0.1) is 13.8 Å². The molecule has 86 valence electrons. The third-order valence-electron chi connectivity index (χ3n) is 2.79. The first-order valence-corrected chi connectivity index (χ1v) is 5.19.